The summed E-state index contributed by atoms with van der Waals surface area (Å²) in [7, 11) is 1.30. The maximum absolute atomic E-state index is 12.4. The average molecular weight is 389 g/mol. The van der Waals surface area contributed by atoms with E-state index in [1.165, 1.54) is 13.2 Å². The normalized spacial score (nSPS) is 10.1. The third kappa shape index (κ3) is 5.26. The average Bonchev–Trinajstić information content (AvgIpc) is 2.78. The Morgan fingerprint density at radius 3 is 2.14 bits per heavy atom. The van der Waals surface area contributed by atoms with Crippen LogP contribution in [0.3, 0.4) is 0 Å². The van der Waals surface area contributed by atoms with Crippen molar-refractivity contribution in [1.82, 2.24) is 10.3 Å². The molecule has 2 aromatic carbocycles. The fraction of sp³-hybridized carbons (Fsp3) is 0.0909. The number of pyridine rings is 1. The zero-order valence-corrected chi connectivity index (χ0v) is 15.7. The van der Waals surface area contributed by atoms with Gasteiger partial charge in [-0.2, -0.15) is 0 Å². The van der Waals surface area contributed by atoms with Crippen LogP contribution in [-0.4, -0.2) is 29.9 Å². The Labute approximate surface area is 167 Å². The van der Waals surface area contributed by atoms with E-state index in [1.807, 2.05) is 30.3 Å². The number of anilines is 1. The van der Waals surface area contributed by atoms with E-state index in [0.29, 0.717) is 17.8 Å². The van der Waals surface area contributed by atoms with Gasteiger partial charge in [0, 0.05) is 12.2 Å². The molecule has 0 fully saturated rings. The number of amides is 2. The molecule has 2 amide bonds. The molecule has 0 aliphatic heterocycles. The van der Waals surface area contributed by atoms with Gasteiger partial charge in [-0.3, -0.25) is 9.59 Å². The third-order valence-corrected chi connectivity index (χ3v) is 4.07. The summed E-state index contributed by atoms with van der Waals surface area (Å²) in [6.07, 6.45) is 0. The molecule has 2 N–H and O–H groups in total. The van der Waals surface area contributed by atoms with Gasteiger partial charge in [-0.15, -0.1) is 0 Å². The lowest BCUT2D eigenvalue weighted by atomic mass is 10.2. The van der Waals surface area contributed by atoms with E-state index >= 15 is 0 Å². The van der Waals surface area contributed by atoms with Gasteiger partial charge in [0.2, 0.25) is 0 Å². The summed E-state index contributed by atoms with van der Waals surface area (Å²) in [5, 5.41) is 5.46. The van der Waals surface area contributed by atoms with Crippen molar-refractivity contribution in [2.75, 3.05) is 12.4 Å². The van der Waals surface area contributed by atoms with Crippen LogP contribution < -0.4 is 10.6 Å². The molecule has 29 heavy (non-hydrogen) atoms. The number of hydrogen-bond donors (Lipinski definition) is 2. The van der Waals surface area contributed by atoms with Crippen LogP contribution in [0.5, 0.6) is 0 Å². The highest BCUT2D eigenvalue weighted by molar-refractivity contribution is 6.04. The van der Waals surface area contributed by atoms with Crippen molar-refractivity contribution in [3.63, 3.8) is 0 Å². The summed E-state index contributed by atoms with van der Waals surface area (Å²) >= 11 is 0. The van der Waals surface area contributed by atoms with Crippen LogP contribution in [0.4, 0.5) is 5.69 Å². The molecule has 3 aromatic rings. The molecule has 1 aromatic heterocycles. The molecular weight excluding hydrogens is 370 g/mol. The van der Waals surface area contributed by atoms with Crippen molar-refractivity contribution < 1.29 is 19.1 Å². The Balaban J connectivity index is 1.64. The van der Waals surface area contributed by atoms with Crippen LogP contribution in [0.15, 0.2) is 72.8 Å². The number of ether oxygens (including phenoxy) is 1. The van der Waals surface area contributed by atoms with Crippen molar-refractivity contribution in [1.29, 1.82) is 0 Å². The Hall–Kier alpha value is -4.00. The van der Waals surface area contributed by atoms with Crippen molar-refractivity contribution in [3.05, 3.63) is 95.3 Å². The second-order valence-corrected chi connectivity index (χ2v) is 6.10. The Morgan fingerprint density at radius 2 is 1.48 bits per heavy atom. The number of aromatic nitrogens is 1. The molecule has 0 saturated heterocycles. The van der Waals surface area contributed by atoms with Gasteiger partial charge in [-0.05, 0) is 42.0 Å². The van der Waals surface area contributed by atoms with Gasteiger partial charge < -0.3 is 15.4 Å². The van der Waals surface area contributed by atoms with Gasteiger partial charge >= 0.3 is 5.97 Å². The van der Waals surface area contributed by atoms with E-state index in [1.54, 1.807) is 36.4 Å². The predicted octanol–water partition coefficient (Wildman–Crippen LogP) is 3.05. The molecule has 7 heteroatoms. The van der Waals surface area contributed by atoms with Crippen LogP contribution in [0, 0.1) is 0 Å². The molecule has 0 aliphatic carbocycles. The molecule has 146 valence electrons. The minimum absolute atomic E-state index is 0.106. The zero-order chi connectivity index (χ0) is 20.6. The van der Waals surface area contributed by atoms with E-state index in [2.05, 4.69) is 20.4 Å². The van der Waals surface area contributed by atoms with Gasteiger partial charge in [0.1, 0.15) is 11.4 Å². The number of nitrogens with one attached hydrogen (secondary N) is 2. The Bertz CT molecular complexity index is 1020. The second kappa shape index (κ2) is 9.27. The summed E-state index contributed by atoms with van der Waals surface area (Å²) in [4.78, 5) is 40.4. The van der Waals surface area contributed by atoms with Crippen molar-refractivity contribution in [2.45, 2.75) is 6.54 Å². The SMILES string of the molecule is COC(=O)c1ccc(NC(=O)c2cccc(C(=O)NCc3ccccc3)n2)cc1. The molecule has 3 rings (SSSR count). The molecule has 1 heterocycles. The first-order chi connectivity index (χ1) is 14.1. The number of benzene rings is 2. The monoisotopic (exact) mass is 389 g/mol. The van der Waals surface area contributed by atoms with Crippen molar-refractivity contribution >= 4 is 23.5 Å². The van der Waals surface area contributed by atoms with Gasteiger partial charge in [0.15, 0.2) is 0 Å². The van der Waals surface area contributed by atoms with Gasteiger partial charge in [-0.1, -0.05) is 36.4 Å². The third-order valence-electron chi connectivity index (χ3n) is 4.07. The van der Waals surface area contributed by atoms with E-state index in [0.717, 1.165) is 5.56 Å². The van der Waals surface area contributed by atoms with Gasteiger partial charge in [-0.25, -0.2) is 9.78 Å². The lowest BCUT2D eigenvalue weighted by Crippen LogP contribution is -2.25. The molecule has 0 spiro atoms. The van der Waals surface area contributed by atoms with Crippen LogP contribution >= 0.6 is 0 Å². The first-order valence-corrected chi connectivity index (χ1v) is 8.86. The van der Waals surface area contributed by atoms with E-state index in [9.17, 15) is 14.4 Å². The second-order valence-electron chi connectivity index (χ2n) is 6.10. The number of methoxy groups -OCH3 is 1. The first-order valence-electron chi connectivity index (χ1n) is 8.86. The summed E-state index contributed by atoms with van der Waals surface area (Å²) in [6, 6.07) is 20.4. The molecular formula is C22H19N3O4. The maximum Gasteiger partial charge on any atom is 0.337 e. The fourth-order valence-corrected chi connectivity index (χ4v) is 2.56. The van der Waals surface area contributed by atoms with Gasteiger partial charge in [0.25, 0.3) is 11.8 Å². The summed E-state index contributed by atoms with van der Waals surface area (Å²) in [5.41, 5.74) is 2.08. The maximum atomic E-state index is 12.4. The lowest BCUT2D eigenvalue weighted by molar-refractivity contribution is 0.0600. The number of rotatable bonds is 6. The molecule has 0 aliphatic rings. The van der Waals surface area contributed by atoms with E-state index in [-0.39, 0.29) is 17.3 Å². The van der Waals surface area contributed by atoms with Crippen molar-refractivity contribution in [3.8, 4) is 0 Å². The number of carbonyl (C=O) groups is 3. The minimum Gasteiger partial charge on any atom is -0.465 e. The van der Waals surface area contributed by atoms with Crippen LogP contribution in [0.25, 0.3) is 0 Å². The summed E-state index contributed by atoms with van der Waals surface area (Å²) in [6.45, 7) is 0.365. The Morgan fingerprint density at radius 1 is 0.828 bits per heavy atom. The largest absolute Gasteiger partial charge is 0.465 e. The summed E-state index contributed by atoms with van der Waals surface area (Å²) in [5.74, 6) is -1.29. The van der Waals surface area contributed by atoms with Crippen LogP contribution in [0.1, 0.15) is 36.9 Å². The van der Waals surface area contributed by atoms with Gasteiger partial charge in [0.05, 0.1) is 12.7 Å². The molecule has 0 unspecified atom stereocenters. The molecule has 0 saturated carbocycles. The number of esters is 1. The lowest BCUT2D eigenvalue weighted by Gasteiger charge is -2.08. The van der Waals surface area contributed by atoms with Crippen LogP contribution in [-0.2, 0) is 11.3 Å². The number of hydrogen-bond acceptors (Lipinski definition) is 5. The highest BCUT2D eigenvalue weighted by Crippen LogP contribution is 2.12. The van der Waals surface area contributed by atoms with E-state index < -0.39 is 11.9 Å². The smallest absolute Gasteiger partial charge is 0.337 e. The van der Waals surface area contributed by atoms with Crippen LogP contribution in [0.2, 0.25) is 0 Å². The molecule has 0 bridgehead atoms. The number of nitrogens with zero attached hydrogens (tertiary/aromatic N) is 1. The molecule has 0 radical (unpaired) electrons. The molecule has 0 atom stereocenters. The topological polar surface area (TPSA) is 97.4 Å². The fourth-order valence-electron chi connectivity index (χ4n) is 2.56. The Kier molecular flexibility index (Phi) is 6.32. The standard InChI is InChI=1S/C22H19N3O4/c1-29-22(28)16-10-12-17(13-11-16)24-21(27)19-9-5-8-18(25-19)20(26)23-14-15-6-3-2-4-7-15/h2-13H,14H2,1H3,(H,23,26)(H,24,27). The zero-order valence-electron chi connectivity index (χ0n) is 15.7. The molecule has 7 nitrogen and oxygen atoms in total. The first kappa shape index (κ1) is 19.8. The number of carbonyl (C=O) groups excluding carboxylic acids is 3. The summed E-state index contributed by atoms with van der Waals surface area (Å²) < 4.78 is 4.64. The highest BCUT2D eigenvalue weighted by Gasteiger charge is 2.13. The quantitative estimate of drug-likeness (QED) is 0.632. The van der Waals surface area contributed by atoms with Crippen molar-refractivity contribution in [2.24, 2.45) is 0 Å². The van der Waals surface area contributed by atoms with E-state index in [4.69, 9.17) is 0 Å². The predicted molar refractivity (Wildman–Crippen MR) is 108 cm³/mol. The highest BCUT2D eigenvalue weighted by atomic mass is 16.5. The minimum atomic E-state index is -0.464.